The summed E-state index contributed by atoms with van der Waals surface area (Å²) >= 11 is 7.06. The molecule has 0 aliphatic carbocycles. The maximum Gasteiger partial charge on any atom is 0.243 e. The van der Waals surface area contributed by atoms with Gasteiger partial charge in [-0.1, -0.05) is 20.3 Å². The van der Waals surface area contributed by atoms with Crippen LogP contribution in [0.4, 0.5) is 0 Å². The maximum atomic E-state index is 12.2. The second kappa shape index (κ2) is 6.18. The van der Waals surface area contributed by atoms with Crippen LogP contribution >= 0.6 is 22.9 Å². The van der Waals surface area contributed by atoms with Gasteiger partial charge in [-0.2, -0.15) is 0 Å². The van der Waals surface area contributed by atoms with Crippen molar-refractivity contribution in [3.05, 3.63) is 16.3 Å². The third-order valence-electron chi connectivity index (χ3n) is 2.74. The predicted octanol–water partition coefficient (Wildman–Crippen LogP) is 3.15. The molecule has 0 N–H and O–H groups in total. The normalized spacial score (nSPS) is 14.2. The zero-order valence-electron chi connectivity index (χ0n) is 10.3. The Morgan fingerprint density at radius 2 is 2.18 bits per heavy atom. The third kappa shape index (κ3) is 3.68. The van der Waals surface area contributed by atoms with Crippen molar-refractivity contribution < 1.29 is 8.42 Å². The lowest BCUT2D eigenvalue weighted by Crippen LogP contribution is -2.30. The minimum Gasteiger partial charge on any atom is -0.207 e. The molecule has 1 aromatic rings. The van der Waals surface area contributed by atoms with Crippen molar-refractivity contribution in [2.24, 2.45) is 5.92 Å². The number of hydrogen-bond acceptors (Lipinski definition) is 3. The molecule has 6 heteroatoms. The van der Waals surface area contributed by atoms with E-state index in [1.165, 1.54) is 15.6 Å². The standard InChI is InChI=1S/C11H18ClNO2S2/c1-4-9(2)7-13(3)17(14,15)11-5-10(6-12)16-8-11/h5,8-9H,4,6-7H2,1-3H3. The Labute approximate surface area is 112 Å². The highest BCUT2D eigenvalue weighted by Gasteiger charge is 2.23. The van der Waals surface area contributed by atoms with E-state index in [2.05, 4.69) is 6.92 Å². The van der Waals surface area contributed by atoms with E-state index in [0.29, 0.717) is 23.2 Å². The van der Waals surface area contributed by atoms with Crippen molar-refractivity contribution >= 4 is 33.0 Å². The van der Waals surface area contributed by atoms with Crippen LogP contribution in [0.5, 0.6) is 0 Å². The summed E-state index contributed by atoms with van der Waals surface area (Å²) in [6.45, 7) is 4.65. The van der Waals surface area contributed by atoms with E-state index < -0.39 is 10.0 Å². The van der Waals surface area contributed by atoms with Gasteiger partial charge in [-0.3, -0.25) is 0 Å². The van der Waals surface area contributed by atoms with Crippen LogP contribution in [0.25, 0.3) is 0 Å². The molecule has 1 aromatic heterocycles. The van der Waals surface area contributed by atoms with Crippen molar-refractivity contribution in [2.75, 3.05) is 13.6 Å². The van der Waals surface area contributed by atoms with Gasteiger partial charge in [0.15, 0.2) is 0 Å². The molecule has 1 rings (SSSR count). The average molecular weight is 296 g/mol. The number of rotatable bonds is 6. The van der Waals surface area contributed by atoms with Gasteiger partial charge in [-0.15, -0.1) is 22.9 Å². The van der Waals surface area contributed by atoms with Crippen molar-refractivity contribution in [1.82, 2.24) is 4.31 Å². The summed E-state index contributed by atoms with van der Waals surface area (Å²) < 4.78 is 25.8. The van der Waals surface area contributed by atoms with Gasteiger partial charge < -0.3 is 0 Å². The first-order chi connectivity index (χ1) is 7.91. The summed E-state index contributed by atoms with van der Waals surface area (Å²) in [6, 6.07) is 1.65. The smallest absolute Gasteiger partial charge is 0.207 e. The zero-order chi connectivity index (χ0) is 13.1. The van der Waals surface area contributed by atoms with Gasteiger partial charge in [0.2, 0.25) is 10.0 Å². The Kier molecular flexibility index (Phi) is 5.44. The van der Waals surface area contributed by atoms with Crippen molar-refractivity contribution in [3.63, 3.8) is 0 Å². The van der Waals surface area contributed by atoms with Crippen LogP contribution in [0.1, 0.15) is 25.1 Å². The summed E-state index contributed by atoms with van der Waals surface area (Å²) in [5, 5.41) is 1.65. The molecule has 1 unspecified atom stereocenters. The first-order valence-corrected chi connectivity index (χ1v) is 8.37. The molecule has 98 valence electrons. The first kappa shape index (κ1) is 15.0. The van der Waals surface area contributed by atoms with E-state index in [4.69, 9.17) is 11.6 Å². The summed E-state index contributed by atoms with van der Waals surface area (Å²) in [6.07, 6.45) is 0.969. The molecule has 1 atom stereocenters. The highest BCUT2D eigenvalue weighted by Crippen LogP contribution is 2.23. The van der Waals surface area contributed by atoms with Crippen LogP contribution in [-0.2, 0) is 15.9 Å². The van der Waals surface area contributed by atoms with E-state index in [1.807, 2.05) is 6.92 Å². The van der Waals surface area contributed by atoms with Crippen molar-refractivity contribution in [3.8, 4) is 0 Å². The Morgan fingerprint density at radius 3 is 2.65 bits per heavy atom. The molecule has 1 heterocycles. The van der Waals surface area contributed by atoms with Gasteiger partial charge in [0.1, 0.15) is 0 Å². The van der Waals surface area contributed by atoms with Crippen LogP contribution < -0.4 is 0 Å². The summed E-state index contributed by atoms with van der Waals surface area (Å²) in [5.41, 5.74) is 0. The quantitative estimate of drug-likeness (QED) is 0.756. The van der Waals surface area contributed by atoms with Crippen LogP contribution in [0, 0.1) is 5.92 Å². The molecule has 0 amide bonds. The van der Waals surface area contributed by atoms with Gasteiger partial charge >= 0.3 is 0 Å². The van der Waals surface area contributed by atoms with E-state index in [0.717, 1.165) is 11.3 Å². The number of sulfonamides is 1. The predicted molar refractivity (Wildman–Crippen MR) is 73.1 cm³/mol. The highest BCUT2D eigenvalue weighted by molar-refractivity contribution is 7.89. The Morgan fingerprint density at radius 1 is 1.53 bits per heavy atom. The summed E-state index contributed by atoms with van der Waals surface area (Å²) in [4.78, 5) is 1.23. The lowest BCUT2D eigenvalue weighted by Gasteiger charge is -2.19. The molecule has 0 saturated carbocycles. The molecule has 0 aliphatic rings. The van der Waals surface area contributed by atoms with Gasteiger partial charge in [0, 0.05) is 23.8 Å². The second-order valence-corrected chi connectivity index (χ2v) is 7.49. The fourth-order valence-corrected chi connectivity index (χ4v) is 4.08. The Hall–Kier alpha value is -0.100. The molecule has 0 fully saturated rings. The van der Waals surface area contributed by atoms with Crippen LogP contribution in [-0.4, -0.2) is 26.3 Å². The Balaban J connectivity index is 2.87. The van der Waals surface area contributed by atoms with Crippen LogP contribution in [0.2, 0.25) is 0 Å². The number of hydrogen-bond donors (Lipinski definition) is 0. The minimum absolute atomic E-state index is 0.351. The molecule has 17 heavy (non-hydrogen) atoms. The SMILES string of the molecule is CCC(C)CN(C)S(=O)(=O)c1csc(CCl)c1. The van der Waals surface area contributed by atoms with Gasteiger partial charge in [0.05, 0.1) is 10.8 Å². The first-order valence-electron chi connectivity index (χ1n) is 5.51. The minimum atomic E-state index is -3.35. The van der Waals surface area contributed by atoms with E-state index >= 15 is 0 Å². The van der Waals surface area contributed by atoms with E-state index in [-0.39, 0.29) is 0 Å². The fraction of sp³-hybridized carbons (Fsp3) is 0.636. The largest absolute Gasteiger partial charge is 0.243 e. The van der Waals surface area contributed by atoms with E-state index in [9.17, 15) is 8.42 Å². The molecule has 0 spiro atoms. The lowest BCUT2D eigenvalue weighted by atomic mass is 10.1. The lowest BCUT2D eigenvalue weighted by molar-refractivity contribution is 0.394. The van der Waals surface area contributed by atoms with Gasteiger partial charge in [-0.25, -0.2) is 12.7 Å². The van der Waals surface area contributed by atoms with E-state index in [1.54, 1.807) is 18.5 Å². The molecule has 0 aromatic carbocycles. The zero-order valence-corrected chi connectivity index (χ0v) is 12.7. The molecule has 0 bridgehead atoms. The topological polar surface area (TPSA) is 37.4 Å². The molecule has 3 nitrogen and oxygen atoms in total. The number of nitrogens with zero attached hydrogens (tertiary/aromatic N) is 1. The number of halogens is 1. The average Bonchev–Trinajstić information content (AvgIpc) is 2.77. The highest BCUT2D eigenvalue weighted by atomic mass is 35.5. The third-order valence-corrected chi connectivity index (χ3v) is 6.07. The maximum absolute atomic E-state index is 12.2. The van der Waals surface area contributed by atoms with Crippen LogP contribution in [0.15, 0.2) is 16.3 Å². The molecule has 0 saturated heterocycles. The molecular formula is C11H18ClNO2S2. The number of alkyl halides is 1. The van der Waals surface area contributed by atoms with Gasteiger partial charge in [0.25, 0.3) is 0 Å². The molecule has 0 aliphatic heterocycles. The fourth-order valence-electron chi connectivity index (χ4n) is 1.41. The number of thiophene rings is 1. The Bertz CT molecular complexity index is 456. The monoisotopic (exact) mass is 295 g/mol. The summed E-state index contributed by atoms with van der Waals surface area (Å²) in [7, 11) is -1.72. The second-order valence-electron chi connectivity index (χ2n) is 4.18. The van der Waals surface area contributed by atoms with Gasteiger partial charge in [-0.05, 0) is 12.0 Å². The molecular weight excluding hydrogens is 278 g/mol. The molecule has 0 radical (unpaired) electrons. The van der Waals surface area contributed by atoms with Crippen molar-refractivity contribution in [1.29, 1.82) is 0 Å². The summed E-state index contributed by atoms with van der Waals surface area (Å²) in [5.74, 6) is 0.718. The van der Waals surface area contributed by atoms with Crippen molar-refractivity contribution in [2.45, 2.75) is 31.0 Å². The van der Waals surface area contributed by atoms with Crippen LogP contribution in [0.3, 0.4) is 0 Å².